The van der Waals surface area contributed by atoms with Crippen LogP contribution >= 0.6 is 8.58 Å². The average Bonchev–Trinajstić information content (AvgIpc) is 2.50. The van der Waals surface area contributed by atoms with Gasteiger partial charge in [-0.1, -0.05) is 87.4 Å². The molecule has 0 atom stereocenters. The summed E-state index contributed by atoms with van der Waals surface area (Å²) in [5.74, 6) is 0. The quantitative estimate of drug-likeness (QED) is 0.474. The Morgan fingerprint density at radius 2 is 1.00 bits per heavy atom. The minimum absolute atomic E-state index is 1.23. The SMILES string of the molecule is CCCPCCC.c1ccc(-c2ccccc2)cc1. The van der Waals surface area contributed by atoms with Gasteiger partial charge in [0.2, 0.25) is 0 Å². The van der Waals surface area contributed by atoms with E-state index in [1.165, 1.54) is 44.9 Å². The van der Waals surface area contributed by atoms with E-state index in [0.717, 1.165) is 0 Å². The molecule has 0 aliphatic carbocycles. The highest BCUT2D eigenvalue weighted by Gasteiger charge is 1.91. The third kappa shape index (κ3) is 7.13. The second kappa shape index (κ2) is 10.8. The summed E-state index contributed by atoms with van der Waals surface area (Å²) in [5.41, 5.74) is 2.55. The van der Waals surface area contributed by atoms with Crippen molar-refractivity contribution in [1.82, 2.24) is 0 Å². The molecule has 19 heavy (non-hydrogen) atoms. The normalized spacial score (nSPS) is 9.58. The maximum absolute atomic E-state index is 2.25. The minimum Gasteiger partial charge on any atom is -0.122 e. The van der Waals surface area contributed by atoms with Gasteiger partial charge in [-0.3, -0.25) is 0 Å². The van der Waals surface area contributed by atoms with E-state index in [-0.39, 0.29) is 0 Å². The Hall–Kier alpha value is -1.13. The first-order valence-electron chi connectivity index (χ1n) is 7.19. The molecule has 0 amide bonds. The summed E-state index contributed by atoms with van der Waals surface area (Å²) in [6, 6.07) is 20.8. The fourth-order valence-electron chi connectivity index (χ4n) is 1.74. The summed E-state index contributed by atoms with van der Waals surface area (Å²) < 4.78 is 0. The van der Waals surface area contributed by atoms with Crippen molar-refractivity contribution in [3.05, 3.63) is 60.7 Å². The molecule has 0 unspecified atom stereocenters. The number of hydrogen-bond donors (Lipinski definition) is 0. The van der Waals surface area contributed by atoms with E-state index in [9.17, 15) is 0 Å². The first-order chi connectivity index (χ1) is 9.38. The molecule has 0 radical (unpaired) electrons. The molecular formula is C18H25P. The molecule has 0 bridgehead atoms. The lowest BCUT2D eigenvalue weighted by Gasteiger charge is -1.98. The average molecular weight is 272 g/mol. The molecule has 0 spiro atoms. The van der Waals surface area contributed by atoms with Gasteiger partial charge in [0.25, 0.3) is 0 Å². The van der Waals surface area contributed by atoms with Crippen LogP contribution in [0.2, 0.25) is 0 Å². The monoisotopic (exact) mass is 272 g/mol. The maximum atomic E-state index is 2.25. The molecule has 2 aromatic carbocycles. The Morgan fingerprint density at radius 1 is 0.632 bits per heavy atom. The highest BCUT2D eigenvalue weighted by molar-refractivity contribution is 7.37. The second-order valence-corrected chi connectivity index (χ2v) is 5.98. The van der Waals surface area contributed by atoms with Crippen LogP contribution in [0.4, 0.5) is 0 Å². The zero-order valence-electron chi connectivity index (χ0n) is 12.1. The van der Waals surface area contributed by atoms with Gasteiger partial charge >= 0.3 is 0 Å². The molecule has 0 saturated heterocycles. The Labute approximate surface area is 120 Å². The Morgan fingerprint density at radius 3 is 1.32 bits per heavy atom. The highest BCUT2D eigenvalue weighted by atomic mass is 31.1. The van der Waals surface area contributed by atoms with Crippen LogP contribution in [0.15, 0.2) is 60.7 Å². The Balaban J connectivity index is 0.000000224. The molecule has 0 saturated carbocycles. The van der Waals surface area contributed by atoms with Crippen molar-refractivity contribution in [1.29, 1.82) is 0 Å². The smallest absolute Gasteiger partial charge is 0.0184 e. The van der Waals surface area contributed by atoms with Gasteiger partial charge in [-0.2, -0.15) is 0 Å². The van der Waals surface area contributed by atoms with Gasteiger partial charge in [-0.15, -0.1) is 8.58 Å². The standard InChI is InChI=1S/C12H10.C6H15P/c1-3-7-11(8-4-1)12-9-5-2-6-10-12;1-3-5-7-6-4-2/h1-10H;7H,3-6H2,1-2H3. The topological polar surface area (TPSA) is 0 Å². The zero-order chi connectivity index (χ0) is 13.8. The third-order valence-electron chi connectivity index (χ3n) is 2.73. The van der Waals surface area contributed by atoms with Gasteiger partial charge in [0, 0.05) is 0 Å². The van der Waals surface area contributed by atoms with Gasteiger partial charge in [-0.25, -0.2) is 0 Å². The fraction of sp³-hybridized carbons (Fsp3) is 0.333. The highest BCUT2D eigenvalue weighted by Crippen LogP contribution is 2.17. The van der Waals surface area contributed by atoms with Crippen LogP contribution in [0.3, 0.4) is 0 Å². The lowest BCUT2D eigenvalue weighted by atomic mass is 10.1. The summed E-state index contributed by atoms with van der Waals surface area (Å²) in [5, 5.41) is 0. The van der Waals surface area contributed by atoms with Crippen LogP contribution in [0.25, 0.3) is 11.1 Å². The van der Waals surface area contributed by atoms with Crippen LogP contribution in [0.1, 0.15) is 26.7 Å². The molecule has 102 valence electrons. The van der Waals surface area contributed by atoms with Crippen molar-refractivity contribution < 1.29 is 0 Å². The van der Waals surface area contributed by atoms with E-state index >= 15 is 0 Å². The van der Waals surface area contributed by atoms with Crippen molar-refractivity contribution in [3.63, 3.8) is 0 Å². The predicted molar refractivity (Wildman–Crippen MR) is 90.5 cm³/mol. The van der Waals surface area contributed by atoms with Gasteiger partial charge in [-0.05, 0) is 23.5 Å². The largest absolute Gasteiger partial charge is 0.122 e. The summed E-state index contributed by atoms with van der Waals surface area (Å²) >= 11 is 0. The minimum atomic E-state index is 1.23. The number of benzene rings is 2. The predicted octanol–water partition coefficient (Wildman–Crippen LogP) is 5.84. The van der Waals surface area contributed by atoms with Crippen LogP contribution in [0, 0.1) is 0 Å². The van der Waals surface area contributed by atoms with E-state index in [2.05, 4.69) is 62.4 Å². The van der Waals surface area contributed by atoms with Crippen molar-refractivity contribution in [2.45, 2.75) is 26.7 Å². The van der Waals surface area contributed by atoms with E-state index in [0.29, 0.717) is 0 Å². The van der Waals surface area contributed by atoms with Gasteiger partial charge < -0.3 is 0 Å². The molecule has 0 aliphatic rings. The molecule has 0 nitrogen and oxygen atoms in total. The van der Waals surface area contributed by atoms with Crippen molar-refractivity contribution in [3.8, 4) is 11.1 Å². The third-order valence-corrected chi connectivity index (χ3v) is 4.44. The Kier molecular flexibility index (Phi) is 9.02. The maximum Gasteiger partial charge on any atom is -0.0184 e. The van der Waals surface area contributed by atoms with Crippen molar-refractivity contribution >= 4 is 8.58 Å². The van der Waals surface area contributed by atoms with Crippen LogP contribution in [0.5, 0.6) is 0 Å². The van der Waals surface area contributed by atoms with E-state index in [4.69, 9.17) is 0 Å². The number of hydrogen-bond acceptors (Lipinski definition) is 0. The first-order valence-corrected chi connectivity index (χ1v) is 8.61. The molecule has 2 aromatic rings. The second-order valence-electron chi connectivity index (χ2n) is 4.48. The first kappa shape index (κ1) is 15.9. The lowest BCUT2D eigenvalue weighted by Crippen LogP contribution is -1.73. The summed E-state index contributed by atoms with van der Waals surface area (Å²) in [7, 11) is 1.23. The van der Waals surface area contributed by atoms with E-state index in [1.54, 1.807) is 0 Å². The van der Waals surface area contributed by atoms with Crippen LogP contribution in [-0.4, -0.2) is 12.3 Å². The van der Waals surface area contributed by atoms with E-state index in [1.807, 2.05) is 12.1 Å². The molecule has 0 heterocycles. The molecule has 0 aliphatic heterocycles. The summed E-state index contributed by atoms with van der Waals surface area (Å²) in [6.07, 6.45) is 5.65. The Bertz CT molecular complexity index is 367. The molecule has 2 rings (SSSR count). The number of rotatable bonds is 5. The van der Waals surface area contributed by atoms with Crippen molar-refractivity contribution in [2.24, 2.45) is 0 Å². The van der Waals surface area contributed by atoms with Gasteiger partial charge in [0.15, 0.2) is 0 Å². The summed E-state index contributed by atoms with van der Waals surface area (Å²) in [6.45, 7) is 4.51. The van der Waals surface area contributed by atoms with Crippen LogP contribution in [-0.2, 0) is 0 Å². The van der Waals surface area contributed by atoms with E-state index < -0.39 is 0 Å². The molecule has 0 aromatic heterocycles. The fourth-order valence-corrected chi connectivity index (χ4v) is 2.70. The van der Waals surface area contributed by atoms with Gasteiger partial charge in [0.1, 0.15) is 0 Å². The molecule has 0 N–H and O–H groups in total. The zero-order valence-corrected chi connectivity index (χ0v) is 13.1. The summed E-state index contributed by atoms with van der Waals surface area (Å²) in [4.78, 5) is 0. The van der Waals surface area contributed by atoms with Gasteiger partial charge in [0.05, 0.1) is 0 Å². The van der Waals surface area contributed by atoms with Crippen molar-refractivity contribution in [2.75, 3.05) is 12.3 Å². The molecular weight excluding hydrogens is 247 g/mol. The lowest BCUT2D eigenvalue weighted by molar-refractivity contribution is 1.07. The molecule has 1 heteroatoms. The van der Waals surface area contributed by atoms with Crippen LogP contribution < -0.4 is 0 Å². The molecule has 0 fully saturated rings.